The number of benzene rings is 2. The highest BCUT2D eigenvalue weighted by atomic mass is 79.9. The molecule has 0 aliphatic rings. The molecule has 0 aliphatic carbocycles. The maximum atomic E-state index is 13.2. The highest BCUT2D eigenvalue weighted by molar-refractivity contribution is 9.10. The normalized spacial score (nSPS) is 11.4. The summed E-state index contributed by atoms with van der Waals surface area (Å²) in [6, 6.07) is 16.8. The lowest BCUT2D eigenvalue weighted by molar-refractivity contribution is -0.114. The lowest BCUT2D eigenvalue weighted by atomic mass is 10.3. The summed E-state index contributed by atoms with van der Waals surface area (Å²) in [4.78, 5) is 11.3. The minimum Gasteiger partial charge on any atom is -0.492 e. The average Bonchev–Trinajstić information content (AvgIpc) is 3.22. The van der Waals surface area contributed by atoms with Crippen LogP contribution >= 0.6 is 15.9 Å². The summed E-state index contributed by atoms with van der Waals surface area (Å²) in [6.07, 6.45) is 1.50. The zero-order valence-corrected chi connectivity index (χ0v) is 18.6. The fraction of sp³-hybridized carbons (Fsp3) is 0.190. The van der Waals surface area contributed by atoms with Crippen molar-refractivity contribution in [1.82, 2.24) is 4.31 Å². The standard InChI is InChI=1S/C21H21BrN2O5S/c1-16(25)23-18-6-10-21(11-7-18)30(26,27)24(15-20-3-2-13-28-20)12-14-29-19-8-4-17(22)5-9-19/h2-11,13H,12,14-15H2,1H3,(H,23,25). The lowest BCUT2D eigenvalue weighted by Crippen LogP contribution is -2.34. The number of carbonyl (C=O) groups excluding carboxylic acids is 1. The van der Waals surface area contributed by atoms with E-state index in [1.54, 1.807) is 36.4 Å². The summed E-state index contributed by atoms with van der Waals surface area (Å²) >= 11 is 3.36. The van der Waals surface area contributed by atoms with Crippen LogP contribution in [0.4, 0.5) is 5.69 Å². The average molecular weight is 493 g/mol. The number of ether oxygens (including phenoxy) is 1. The lowest BCUT2D eigenvalue weighted by Gasteiger charge is -2.21. The van der Waals surface area contributed by atoms with Gasteiger partial charge in [-0.3, -0.25) is 4.79 Å². The minimum atomic E-state index is -3.81. The molecule has 0 aliphatic heterocycles. The molecule has 9 heteroatoms. The first kappa shape index (κ1) is 22.1. The number of amides is 1. The molecule has 0 radical (unpaired) electrons. The molecule has 0 saturated heterocycles. The van der Waals surface area contributed by atoms with E-state index in [4.69, 9.17) is 9.15 Å². The van der Waals surface area contributed by atoms with Gasteiger partial charge in [0.25, 0.3) is 0 Å². The van der Waals surface area contributed by atoms with E-state index in [1.807, 2.05) is 12.1 Å². The third-order valence-corrected chi connectivity index (χ3v) is 6.54. The van der Waals surface area contributed by atoms with Gasteiger partial charge in [0.2, 0.25) is 15.9 Å². The summed E-state index contributed by atoms with van der Waals surface area (Å²) in [5.41, 5.74) is 0.526. The van der Waals surface area contributed by atoms with Gasteiger partial charge in [0.1, 0.15) is 18.1 Å². The molecule has 3 aromatic rings. The van der Waals surface area contributed by atoms with E-state index in [2.05, 4.69) is 21.2 Å². The summed E-state index contributed by atoms with van der Waals surface area (Å²) in [5.74, 6) is 0.945. The molecule has 0 spiro atoms. The first-order chi connectivity index (χ1) is 14.3. The minimum absolute atomic E-state index is 0.0759. The van der Waals surface area contributed by atoms with Crippen molar-refractivity contribution in [1.29, 1.82) is 0 Å². The number of nitrogens with one attached hydrogen (secondary N) is 1. The molecule has 7 nitrogen and oxygen atoms in total. The molecule has 1 heterocycles. The number of hydrogen-bond donors (Lipinski definition) is 1. The largest absolute Gasteiger partial charge is 0.492 e. The van der Waals surface area contributed by atoms with Gasteiger partial charge in [-0.15, -0.1) is 0 Å². The van der Waals surface area contributed by atoms with Crippen molar-refractivity contribution in [3.63, 3.8) is 0 Å². The van der Waals surface area contributed by atoms with Gasteiger partial charge >= 0.3 is 0 Å². The molecule has 30 heavy (non-hydrogen) atoms. The van der Waals surface area contributed by atoms with Gasteiger partial charge in [-0.2, -0.15) is 4.31 Å². The van der Waals surface area contributed by atoms with E-state index in [0.717, 1.165) is 4.47 Å². The Balaban J connectivity index is 1.75. The molecule has 0 saturated carbocycles. The Bertz CT molecular complexity index is 1070. The number of nitrogens with zero attached hydrogens (tertiary/aromatic N) is 1. The summed E-state index contributed by atoms with van der Waals surface area (Å²) < 4.78 is 39.7. The fourth-order valence-electron chi connectivity index (χ4n) is 2.72. The van der Waals surface area contributed by atoms with Crippen LogP contribution in [0.3, 0.4) is 0 Å². The van der Waals surface area contributed by atoms with Crippen LogP contribution in [-0.2, 0) is 21.4 Å². The number of furan rings is 1. The first-order valence-electron chi connectivity index (χ1n) is 9.13. The maximum absolute atomic E-state index is 13.2. The number of halogens is 1. The smallest absolute Gasteiger partial charge is 0.243 e. The van der Waals surface area contributed by atoms with Crippen molar-refractivity contribution in [3.05, 3.63) is 77.2 Å². The van der Waals surface area contributed by atoms with Gasteiger partial charge in [-0.05, 0) is 60.7 Å². The quantitative estimate of drug-likeness (QED) is 0.481. The van der Waals surface area contributed by atoms with Crippen LogP contribution in [0.5, 0.6) is 5.75 Å². The third-order valence-electron chi connectivity index (χ3n) is 4.15. The molecule has 0 unspecified atom stereocenters. The summed E-state index contributed by atoms with van der Waals surface area (Å²) in [7, 11) is -3.81. The van der Waals surface area contributed by atoms with E-state index in [1.165, 1.54) is 29.6 Å². The zero-order valence-electron chi connectivity index (χ0n) is 16.2. The molecule has 0 bridgehead atoms. The van der Waals surface area contributed by atoms with E-state index >= 15 is 0 Å². The molecule has 1 N–H and O–H groups in total. The Morgan fingerprint density at radius 2 is 1.80 bits per heavy atom. The highest BCUT2D eigenvalue weighted by Crippen LogP contribution is 2.21. The van der Waals surface area contributed by atoms with Gasteiger partial charge in [0.15, 0.2) is 0 Å². The molecule has 3 rings (SSSR count). The van der Waals surface area contributed by atoms with Gasteiger partial charge in [-0.1, -0.05) is 15.9 Å². The predicted octanol–water partition coefficient (Wildman–Crippen LogP) is 4.27. The highest BCUT2D eigenvalue weighted by Gasteiger charge is 2.25. The molecule has 0 fully saturated rings. The second-order valence-corrected chi connectivity index (χ2v) is 9.28. The number of carbonyl (C=O) groups is 1. The Morgan fingerprint density at radius 3 is 2.40 bits per heavy atom. The first-order valence-corrected chi connectivity index (χ1v) is 11.4. The van der Waals surface area contributed by atoms with Crippen molar-refractivity contribution in [2.45, 2.75) is 18.4 Å². The van der Waals surface area contributed by atoms with Gasteiger partial charge in [0, 0.05) is 23.6 Å². The van der Waals surface area contributed by atoms with E-state index in [0.29, 0.717) is 17.2 Å². The molecule has 1 aromatic heterocycles. The fourth-order valence-corrected chi connectivity index (χ4v) is 4.37. The third kappa shape index (κ3) is 5.94. The van der Waals surface area contributed by atoms with E-state index in [-0.39, 0.29) is 30.5 Å². The van der Waals surface area contributed by atoms with Crippen molar-refractivity contribution in [2.75, 3.05) is 18.5 Å². The van der Waals surface area contributed by atoms with E-state index in [9.17, 15) is 13.2 Å². The monoisotopic (exact) mass is 492 g/mol. The Morgan fingerprint density at radius 1 is 1.10 bits per heavy atom. The second-order valence-electron chi connectivity index (χ2n) is 6.43. The van der Waals surface area contributed by atoms with E-state index < -0.39 is 10.0 Å². The summed E-state index contributed by atoms with van der Waals surface area (Å²) in [6.45, 7) is 1.77. The molecule has 1 amide bonds. The van der Waals surface area contributed by atoms with Crippen LogP contribution in [0.1, 0.15) is 12.7 Å². The molecule has 0 atom stereocenters. The Hall–Kier alpha value is -2.62. The number of hydrogen-bond acceptors (Lipinski definition) is 5. The Labute approximate surface area is 183 Å². The zero-order chi connectivity index (χ0) is 21.6. The van der Waals surface area contributed by atoms with Crippen molar-refractivity contribution in [3.8, 4) is 5.75 Å². The molecule has 2 aromatic carbocycles. The van der Waals surface area contributed by atoms with Crippen molar-refractivity contribution >= 4 is 37.5 Å². The van der Waals surface area contributed by atoms with Gasteiger partial charge in [-0.25, -0.2) is 8.42 Å². The van der Waals surface area contributed by atoms with Crippen LogP contribution < -0.4 is 10.1 Å². The van der Waals surface area contributed by atoms with Crippen LogP contribution in [-0.4, -0.2) is 31.8 Å². The van der Waals surface area contributed by atoms with Crippen molar-refractivity contribution < 1.29 is 22.4 Å². The van der Waals surface area contributed by atoms with Gasteiger partial charge < -0.3 is 14.5 Å². The van der Waals surface area contributed by atoms with Crippen LogP contribution in [0.15, 0.2) is 80.7 Å². The molecular formula is C21H21BrN2O5S. The van der Waals surface area contributed by atoms with Crippen LogP contribution in [0.25, 0.3) is 0 Å². The van der Waals surface area contributed by atoms with Gasteiger partial charge in [0.05, 0.1) is 17.7 Å². The Kier molecular flexibility index (Phi) is 7.30. The van der Waals surface area contributed by atoms with Crippen LogP contribution in [0.2, 0.25) is 0 Å². The molecular weight excluding hydrogens is 472 g/mol. The number of anilines is 1. The maximum Gasteiger partial charge on any atom is 0.243 e. The number of rotatable bonds is 9. The predicted molar refractivity (Wildman–Crippen MR) is 117 cm³/mol. The SMILES string of the molecule is CC(=O)Nc1ccc(S(=O)(=O)N(CCOc2ccc(Br)cc2)Cc2ccco2)cc1. The number of sulfonamides is 1. The topological polar surface area (TPSA) is 88.9 Å². The van der Waals surface area contributed by atoms with Crippen LogP contribution in [0, 0.1) is 0 Å². The van der Waals surface area contributed by atoms with Crippen molar-refractivity contribution in [2.24, 2.45) is 0 Å². The molecule has 158 valence electrons. The summed E-state index contributed by atoms with van der Waals surface area (Å²) in [5, 5.41) is 2.62. The second kappa shape index (κ2) is 9.92.